The Labute approximate surface area is 203 Å². The molecule has 0 aliphatic heterocycles. The van der Waals surface area contributed by atoms with E-state index in [1.807, 2.05) is 0 Å². The number of nitrogens with zero attached hydrogens (tertiary/aromatic N) is 2. The number of aromatic nitrogens is 3. The van der Waals surface area contributed by atoms with Gasteiger partial charge in [-0.2, -0.15) is 0 Å². The van der Waals surface area contributed by atoms with Crippen LogP contribution in [0.15, 0.2) is 53.5 Å². The lowest BCUT2D eigenvalue weighted by Gasteiger charge is -2.18. The summed E-state index contributed by atoms with van der Waals surface area (Å²) < 4.78 is 29.1. The fourth-order valence-corrected chi connectivity index (χ4v) is 4.43. The fraction of sp³-hybridized carbons (Fsp3) is 0.240. The summed E-state index contributed by atoms with van der Waals surface area (Å²) in [6.07, 6.45) is 3.32. The highest BCUT2D eigenvalue weighted by atomic mass is 35.5. The van der Waals surface area contributed by atoms with Crippen LogP contribution >= 0.6 is 11.6 Å². The molecule has 1 aliphatic carbocycles. The van der Waals surface area contributed by atoms with Gasteiger partial charge in [0.25, 0.3) is 11.5 Å². The summed E-state index contributed by atoms with van der Waals surface area (Å²) in [5.41, 5.74) is 1.25. The first-order valence-corrected chi connectivity index (χ1v) is 11.5. The molecule has 1 fully saturated rings. The van der Waals surface area contributed by atoms with Gasteiger partial charge in [0, 0.05) is 23.4 Å². The van der Waals surface area contributed by atoms with E-state index >= 15 is 0 Å². The average Bonchev–Trinajstić information content (AvgIpc) is 3.60. The van der Waals surface area contributed by atoms with Crippen molar-refractivity contribution in [1.29, 1.82) is 0 Å². The monoisotopic (exact) mass is 498 g/mol. The minimum absolute atomic E-state index is 0.0173. The van der Waals surface area contributed by atoms with Gasteiger partial charge in [0.1, 0.15) is 17.2 Å². The fourth-order valence-electron chi connectivity index (χ4n) is 4.26. The van der Waals surface area contributed by atoms with Crippen molar-refractivity contribution < 1.29 is 18.7 Å². The third-order valence-electron chi connectivity index (χ3n) is 6.09. The van der Waals surface area contributed by atoms with Gasteiger partial charge in [0.2, 0.25) is 0 Å². The van der Waals surface area contributed by atoms with Crippen molar-refractivity contribution in [3.05, 3.63) is 92.4 Å². The first kappa shape index (κ1) is 23.2. The highest BCUT2D eigenvalue weighted by molar-refractivity contribution is 6.30. The second-order valence-corrected chi connectivity index (χ2v) is 8.98. The van der Waals surface area contributed by atoms with Crippen molar-refractivity contribution in [2.24, 2.45) is 0 Å². The van der Waals surface area contributed by atoms with E-state index in [1.165, 1.54) is 41.0 Å². The normalized spacial score (nSPS) is 14.3. The molecular weight excluding hydrogens is 478 g/mol. The molecule has 1 atom stereocenters. The number of aliphatic hydroxyl groups is 1. The van der Waals surface area contributed by atoms with Crippen molar-refractivity contribution in [2.45, 2.75) is 31.2 Å². The first-order valence-electron chi connectivity index (χ1n) is 11.1. The maximum Gasteiger partial charge on any atom is 0.275 e. The molecule has 5 rings (SSSR count). The maximum absolute atomic E-state index is 14.4. The Morgan fingerprint density at radius 1 is 1.23 bits per heavy atom. The standard InChI is InChI=1S/C25H21ClF2N4O3/c26-15-5-8-19(28)17(11-15)23-30-25(35)22-21(14-1-2-14)18(12-32(22)31-23)24(34)29-20(9-10-33)13-3-6-16(27)7-4-13/h3-8,11-12,14,20,33H,1-2,9-10H2,(H,29,34)(H,30,31,35)/t20-/m1/s1. The van der Waals surface area contributed by atoms with Crippen LogP contribution in [0.3, 0.4) is 0 Å². The second-order valence-electron chi connectivity index (χ2n) is 8.54. The van der Waals surface area contributed by atoms with Crippen molar-refractivity contribution in [3.8, 4) is 11.4 Å². The Hall–Kier alpha value is -3.56. The van der Waals surface area contributed by atoms with Crippen LogP contribution in [0.25, 0.3) is 16.9 Å². The second kappa shape index (κ2) is 9.24. The van der Waals surface area contributed by atoms with Crippen LogP contribution in [0.1, 0.15) is 52.7 Å². The molecule has 180 valence electrons. The van der Waals surface area contributed by atoms with Gasteiger partial charge in [-0.25, -0.2) is 13.3 Å². The molecule has 10 heteroatoms. The van der Waals surface area contributed by atoms with Gasteiger partial charge in [0.05, 0.1) is 17.2 Å². The summed E-state index contributed by atoms with van der Waals surface area (Å²) in [7, 11) is 0. The number of halogens is 3. The number of carbonyl (C=O) groups is 1. The number of hydrogen-bond donors (Lipinski definition) is 3. The Kier molecular flexibility index (Phi) is 6.12. The number of nitrogens with one attached hydrogen (secondary N) is 2. The van der Waals surface area contributed by atoms with E-state index in [0.29, 0.717) is 11.1 Å². The van der Waals surface area contributed by atoms with Crippen LogP contribution in [-0.2, 0) is 0 Å². The molecule has 1 saturated carbocycles. The van der Waals surface area contributed by atoms with Crippen LogP contribution in [0, 0.1) is 11.6 Å². The summed E-state index contributed by atoms with van der Waals surface area (Å²) in [6, 6.07) is 9.04. The Bertz CT molecular complexity index is 1480. The van der Waals surface area contributed by atoms with Gasteiger partial charge < -0.3 is 15.4 Å². The molecule has 0 bridgehead atoms. The van der Waals surface area contributed by atoms with Gasteiger partial charge in [-0.1, -0.05) is 23.7 Å². The molecule has 35 heavy (non-hydrogen) atoms. The minimum Gasteiger partial charge on any atom is -0.396 e. The minimum atomic E-state index is -0.601. The number of aliphatic hydroxyl groups excluding tert-OH is 1. The number of H-pyrrole nitrogens is 1. The zero-order chi connectivity index (χ0) is 24.7. The number of fused-ring (bicyclic) bond motifs is 1. The highest BCUT2D eigenvalue weighted by Gasteiger charge is 2.34. The Morgan fingerprint density at radius 2 is 1.97 bits per heavy atom. The van der Waals surface area contributed by atoms with E-state index in [4.69, 9.17) is 11.6 Å². The van der Waals surface area contributed by atoms with Crippen LogP contribution in [0.4, 0.5) is 8.78 Å². The molecule has 0 unspecified atom stereocenters. The SMILES string of the molecule is O=C(N[C@H](CCO)c1ccc(F)cc1)c1cn2nc(-c3cc(Cl)ccc3F)[nH]c(=O)c2c1C1CC1. The average molecular weight is 499 g/mol. The lowest BCUT2D eigenvalue weighted by Crippen LogP contribution is -2.29. The van der Waals surface area contributed by atoms with Crippen LogP contribution in [0.5, 0.6) is 0 Å². The van der Waals surface area contributed by atoms with E-state index < -0.39 is 29.1 Å². The molecule has 2 heterocycles. The zero-order valence-electron chi connectivity index (χ0n) is 18.4. The van der Waals surface area contributed by atoms with Crippen LogP contribution in [0.2, 0.25) is 5.02 Å². The number of carbonyl (C=O) groups excluding carboxylic acids is 1. The smallest absolute Gasteiger partial charge is 0.275 e. The summed E-state index contributed by atoms with van der Waals surface area (Å²) in [5.74, 6) is -1.45. The predicted molar refractivity (Wildman–Crippen MR) is 127 cm³/mol. The van der Waals surface area contributed by atoms with Gasteiger partial charge in [-0.15, -0.1) is 5.10 Å². The van der Waals surface area contributed by atoms with Gasteiger partial charge >= 0.3 is 0 Å². The molecule has 2 aromatic heterocycles. The third kappa shape index (κ3) is 4.56. The summed E-state index contributed by atoms with van der Waals surface area (Å²) >= 11 is 5.99. The molecule has 0 saturated heterocycles. The summed E-state index contributed by atoms with van der Waals surface area (Å²) in [4.78, 5) is 29.0. The number of amides is 1. The number of aromatic amines is 1. The Balaban J connectivity index is 1.56. The molecule has 3 N–H and O–H groups in total. The van der Waals surface area contributed by atoms with Crippen molar-refractivity contribution >= 4 is 23.0 Å². The van der Waals surface area contributed by atoms with E-state index in [-0.39, 0.29) is 46.4 Å². The third-order valence-corrected chi connectivity index (χ3v) is 6.32. The molecule has 1 aliphatic rings. The summed E-state index contributed by atoms with van der Waals surface area (Å²) in [5, 5.41) is 17.0. The molecule has 0 spiro atoms. The van der Waals surface area contributed by atoms with E-state index in [9.17, 15) is 23.5 Å². The topological polar surface area (TPSA) is 99.5 Å². The van der Waals surface area contributed by atoms with E-state index in [1.54, 1.807) is 12.1 Å². The van der Waals surface area contributed by atoms with Crippen molar-refractivity contribution in [1.82, 2.24) is 19.9 Å². The molecule has 0 radical (unpaired) electrons. The molecule has 1 amide bonds. The van der Waals surface area contributed by atoms with E-state index in [0.717, 1.165) is 12.8 Å². The lowest BCUT2D eigenvalue weighted by atomic mass is 10.0. The summed E-state index contributed by atoms with van der Waals surface area (Å²) in [6.45, 7) is -0.189. The number of hydrogen-bond acceptors (Lipinski definition) is 4. The largest absolute Gasteiger partial charge is 0.396 e. The van der Waals surface area contributed by atoms with Gasteiger partial charge in [0.15, 0.2) is 5.82 Å². The lowest BCUT2D eigenvalue weighted by molar-refractivity contribution is 0.0929. The van der Waals surface area contributed by atoms with E-state index in [2.05, 4.69) is 15.4 Å². The molecular formula is C25H21ClF2N4O3. The van der Waals surface area contributed by atoms with Crippen LogP contribution in [-0.4, -0.2) is 32.2 Å². The number of rotatable bonds is 7. The molecule has 7 nitrogen and oxygen atoms in total. The zero-order valence-corrected chi connectivity index (χ0v) is 19.1. The quantitative estimate of drug-likeness (QED) is 0.352. The predicted octanol–water partition coefficient (Wildman–Crippen LogP) is 4.35. The Morgan fingerprint density at radius 3 is 2.66 bits per heavy atom. The van der Waals surface area contributed by atoms with Crippen molar-refractivity contribution in [3.63, 3.8) is 0 Å². The molecule has 4 aromatic rings. The van der Waals surface area contributed by atoms with Crippen molar-refractivity contribution in [2.75, 3.05) is 6.61 Å². The van der Waals surface area contributed by atoms with Gasteiger partial charge in [-0.05, 0) is 61.1 Å². The van der Waals surface area contributed by atoms with Gasteiger partial charge in [-0.3, -0.25) is 9.59 Å². The highest BCUT2D eigenvalue weighted by Crippen LogP contribution is 2.43. The first-order chi connectivity index (χ1) is 16.9. The molecule has 2 aromatic carbocycles. The maximum atomic E-state index is 14.4. The van der Waals surface area contributed by atoms with Crippen LogP contribution < -0.4 is 10.9 Å². The number of benzene rings is 2.